The first-order valence-corrected chi connectivity index (χ1v) is 29.1. The quantitative estimate of drug-likeness (QED) is 0.0463. The third-order valence-corrected chi connectivity index (χ3v) is 16.8. The van der Waals surface area contributed by atoms with E-state index in [1.54, 1.807) is 54.8 Å². The van der Waals surface area contributed by atoms with Crippen molar-refractivity contribution in [2.24, 2.45) is 5.41 Å². The zero-order valence-electron chi connectivity index (χ0n) is 47.4. The lowest BCUT2D eigenvalue weighted by Gasteiger charge is -2.43. The maximum absolute atomic E-state index is 13.7. The van der Waals surface area contributed by atoms with Gasteiger partial charge in [0.25, 0.3) is 5.91 Å². The predicted octanol–water partition coefficient (Wildman–Crippen LogP) is 6.25. The minimum absolute atomic E-state index is 0.0427. The summed E-state index contributed by atoms with van der Waals surface area (Å²) in [6.07, 6.45) is 8.04. The second-order valence-corrected chi connectivity index (χ2v) is 23.3. The first-order chi connectivity index (χ1) is 38.0. The molecule has 5 heterocycles. The fraction of sp³-hybridized carbons (Fsp3) is 0.603. The number of benzene rings is 2. The number of piperidine rings is 1. The molecule has 20 nitrogen and oxygen atoms in total. The Hall–Kier alpha value is -5.81. The lowest BCUT2D eigenvalue weighted by atomic mass is 9.86. The molecule has 4 aromatic rings. The summed E-state index contributed by atoms with van der Waals surface area (Å²) in [4.78, 5) is 76.8. The lowest BCUT2D eigenvalue weighted by molar-refractivity contribution is -0.128. The second-order valence-electron chi connectivity index (χ2n) is 22.4. The van der Waals surface area contributed by atoms with Gasteiger partial charge in [-0.1, -0.05) is 64.8 Å². The summed E-state index contributed by atoms with van der Waals surface area (Å²) >= 11 is 1.60. The maximum Gasteiger partial charge on any atom is 0.251 e. The van der Waals surface area contributed by atoms with Crippen LogP contribution in [0.15, 0.2) is 54.2 Å². The summed E-state index contributed by atoms with van der Waals surface area (Å²) in [7, 11) is 3.36. The van der Waals surface area contributed by atoms with Crippen molar-refractivity contribution in [1.29, 1.82) is 0 Å². The number of anilines is 4. The summed E-state index contributed by atoms with van der Waals surface area (Å²) in [6.45, 7) is 17.1. The van der Waals surface area contributed by atoms with Crippen LogP contribution in [0.5, 0.6) is 5.75 Å². The number of aliphatic hydroxyl groups is 1. The first kappa shape index (κ1) is 59.3. The highest BCUT2D eigenvalue weighted by Crippen LogP contribution is 2.41. The molecule has 1 aliphatic carbocycles. The molecule has 8 rings (SSSR count). The number of hydrogen-bond acceptors (Lipinski definition) is 17. The first-order valence-electron chi connectivity index (χ1n) is 28.2. The lowest BCUT2D eigenvalue weighted by Crippen LogP contribution is -2.55. The number of nitrogens with one attached hydrogen (secondary N) is 4. The van der Waals surface area contributed by atoms with Crippen LogP contribution < -0.4 is 35.8 Å². The van der Waals surface area contributed by atoms with Crippen LogP contribution in [-0.2, 0) is 28.6 Å². The van der Waals surface area contributed by atoms with Crippen molar-refractivity contribution in [3.05, 3.63) is 71.0 Å². The molecule has 0 bridgehead atoms. The van der Waals surface area contributed by atoms with E-state index in [1.165, 1.54) is 0 Å². The van der Waals surface area contributed by atoms with Gasteiger partial charge in [-0.25, -0.2) is 9.97 Å². The smallest absolute Gasteiger partial charge is 0.251 e. The third-order valence-electron chi connectivity index (χ3n) is 15.8. The number of carbonyl (C=O) groups is 4. The van der Waals surface area contributed by atoms with E-state index in [1.807, 2.05) is 64.1 Å². The topological polar surface area (TPSA) is 225 Å². The van der Waals surface area contributed by atoms with E-state index in [2.05, 4.69) is 53.2 Å². The Balaban J connectivity index is 0.682. The molecule has 0 spiro atoms. The number of aromatic nitrogens is 3. The molecule has 4 aliphatic rings. The summed E-state index contributed by atoms with van der Waals surface area (Å²) in [5, 5.41) is 23.5. The molecule has 4 amide bonds. The average Bonchev–Trinajstić information content (AvgIpc) is 4.36. The molecule has 5 N–H and O–H groups in total. The number of likely N-dealkylation sites (N-methyl/N-ethyl adjacent to an activating group) is 1. The van der Waals surface area contributed by atoms with Crippen molar-refractivity contribution in [3.8, 4) is 16.2 Å². The van der Waals surface area contributed by atoms with Gasteiger partial charge in [0.2, 0.25) is 23.7 Å². The molecule has 3 aliphatic heterocycles. The minimum Gasteiger partial charge on any atom is -0.495 e. The number of amides is 4. The van der Waals surface area contributed by atoms with Gasteiger partial charge in [-0.3, -0.25) is 24.1 Å². The van der Waals surface area contributed by atoms with E-state index in [4.69, 9.17) is 23.9 Å². The van der Waals surface area contributed by atoms with Crippen LogP contribution in [-0.4, -0.2) is 176 Å². The van der Waals surface area contributed by atoms with Gasteiger partial charge in [0.1, 0.15) is 24.1 Å². The normalized spacial score (nSPS) is 20.3. The van der Waals surface area contributed by atoms with Crippen molar-refractivity contribution in [2.75, 3.05) is 102 Å². The number of rotatable bonds is 25. The summed E-state index contributed by atoms with van der Waals surface area (Å²) in [5.41, 5.74) is 6.39. The Labute approximate surface area is 469 Å². The molecule has 2 aromatic heterocycles. The molecule has 5 atom stereocenters. The van der Waals surface area contributed by atoms with Crippen molar-refractivity contribution < 1.29 is 43.2 Å². The fourth-order valence-electron chi connectivity index (χ4n) is 11.1. The highest BCUT2D eigenvalue weighted by molar-refractivity contribution is 7.13. The number of ether oxygens (including phenoxy) is 4. The Morgan fingerprint density at radius 2 is 1.63 bits per heavy atom. The van der Waals surface area contributed by atoms with E-state index >= 15 is 0 Å². The molecular weight excluding hydrogens is 1030 g/mol. The maximum atomic E-state index is 13.7. The number of thiazole rings is 1. The number of likely N-dealkylation sites (tertiary alicyclic amines) is 2. The van der Waals surface area contributed by atoms with E-state index in [0.717, 1.165) is 85.7 Å². The number of nitrogens with zero attached hydrogens (tertiary/aromatic N) is 7. The van der Waals surface area contributed by atoms with Crippen LogP contribution in [0.25, 0.3) is 10.4 Å². The standard InChI is InChI=1S/C58H83N11O9S/c1-9-46-56(74)66(7)48-32-59-57(65-53(48)69(46)43-12-10-11-13-43)63-45-19-18-41(30-49(45)75-8)54(72)62-42-20-22-67(23-21-42)24-25-76-26-27-77-28-29-78-35-51(71)64-50(58(4,5)6)34-68-33-44(70)31-47(68)55(73)61-37(2)39-14-16-40(17-15-39)52-38(3)60-36-79-52/h14-19,30,32,36-37,42-44,46-47,50,70H,9-13,20-29,31,33-35H2,1-8H3,(H,61,73)(H,62,72)(H,64,71)(H,59,63,65)/t37-,44+,46+,47-,50+/m0/s1. The molecular formula is C58H83N11O9S. The van der Waals surface area contributed by atoms with Gasteiger partial charge in [-0.15, -0.1) is 11.3 Å². The fourth-order valence-corrected chi connectivity index (χ4v) is 11.9. The number of fused-ring (bicyclic) bond motifs is 1. The Kier molecular flexibility index (Phi) is 20.7. The molecule has 1 saturated carbocycles. The average molecular weight is 1110 g/mol. The van der Waals surface area contributed by atoms with Gasteiger partial charge in [0, 0.05) is 63.5 Å². The number of hydrogen-bond donors (Lipinski definition) is 5. The van der Waals surface area contributed by atoms with Crippen molar-refractivity contribution in [1.82, 2.24) is 40.7 Å². The number of carbonyl (C=O) groups excluding carboxylic acids is 4. The van der Waals surface area contributed by atoms with Crippen LogP contribution in [0.1, 0.15) is 114 Å². The minimum atomic E-state index is -0.649. The molecule has 2 aromatic carbocycles. The van der Waals surface area contributed by atoms with E-state index in [-0.39, 0.29) is 72.5 Å². The van der Waals surface area contributed by atoms with Crippen molar-refractivity contribution in [2.45, 2.75) is 135 Å². The van der Waals surface area contributed by atoms with Crippen LogP contribution >= 0.6 is 11.3 Å². The molecule has 0 unspecified atom stereocenters. The van der Waals surface area contributed by atoms with Gasteiger partial charge in [-0.05, 0) is 87.1 Å². The van der Waals surface area contributed by atoms with Crippen molar-refractivity contribution in [3.63, 3.8) is 0 Å². The van der Waals surface area contributed by atoms with Gasteiger partial charge < -0.3 is 60.0 Å². The SMILES string of the molecule is CC[C@@H]1C(=O)N(C)c2cnc(Nc3ccc(C(=O)NC4CCN(CCOCCOCCOCC(=O)N[C@H](CN5C[C@H](O)C[C@H]5C(=O)N[C@@H](C)c5ccc(-c6scnc6C)cc5)C(C)(C)C)CC4)cc3OC)nc2N1C1CCCC1. The van der Waals surface area contributed by atoms with Crippen LogP contribution in [0.3, 0.4) is 0 Å². The molecule has 0 radical (unpaired) electrons. The van der Waals surface area contributed by atoms with E-state index < -0.39 is 12.1 Å². The van der Waals surface area contributed by atoms with Crippen LogP contribution in [0.4, 0.5) is 23.1 Å². The Morgan fingerprint density at radius 3 is 2.30 bits per heavy atom. The predicted molar refractivity (Wildman–Crippen MR) is 306 cm³/mol. The molecule has 79 heavy (non-hydrogen) atoms. The van der Waals surface area contributed by atoms with Gasteiger partial charge in [-0.2, -0.15) is 4.98 Å². The zero-order chi connectivity index (χ0) is 56.2. The molecule has 21 heteroatoms. The highest BCUT2D eigenvalue weighted by Gasteiger charge is 2.42. The van der Waals surface area contributed by atoms with Gasteiger partial charge in [0.05, 0.1) is 86.3 Å². The number of aliphatic hydroxyl groups excluding tert-OH is 1. The number of aryl methyl sites for hydroxylation is 1. The molecule has 2 saturated heterocycles. The molecule has 3 fully saturated rings. The highest BCUT2D eigenvalue weighted by atomic mass is 32.1. The third kappa shape index (κ3) is 15.4. The Morgan fingerprint density at radius 1 is 0.924 bits per heavy atom. The Bertz CT molecular complexity index is 2670. The summed E-state index contributed by atoms with van der Waals surface area (Å²) in [5.74, 6) is 1.12. The summed E-state index contributed by atoms with van der Waals surface area (Å²) in [6, 6.07) is 12.4. The second kappa shape index (κ2) is 27.6. The van der Waals surface area contributed by atoms with Crippen LogP contribution in [0.2, 0.25) is 0 Å². The van der Waals surface area contributed by atoms with Gasteiger partial charge >= 0.3 is 0 Å². The number of β-amino-alcohol motifs (C(OH)–C–C–N with tert-alkyl or cyclic N) is 1. The number of methoxy groups -OCH3 is 1. The zero-order valence-corrected chi connectivity index (χ0v) is 48.2. The van der Waals surface area contributed by atoms with E-state index in [0.29, 0.717) is 81.0 Å². The van der Waals surface area contributed by atoms with E-state index in [9.17, 15) is 24.3 Å². The van der Waals surface area contributed by atoms with Crippen molar-refractivity contribution >= 4 is 58.1 Å². The van der Waals surface area contributed by atoms with Crippen LogP contribution in [0, 0.1) is 12.3 Å². The molecule has 430 valence electrons. The largest absolute Gasteiger partial charge is 0.495 e. The monoisotopic (exact) mass is 1110 g/mol. The van der Waals surface area contributed by atoms with Gasteiger partial charge in [0.15, 0.2) is 5.82 Å². The summed E-state index contributed by atoms with van der Waals surface area (Å²) < 4.78 is 23.0.